The third kappa shape index (κ3) is 290. The minimum atomic E-state index is -1.83. The summed E-state index contributed by atoms with van der Waals surface area (Å²) in [6, 6.07) is 0. The summed E-state index contributed by atoms with van der Waals surface area (Å²) < 4.78 is 0. The average Bonchev–Trinajstić information content (AvgIpc) is 1.25. The van der Waals surface area contributed by atoms with E-state index in [2.05, 4.69) is 0 Å². The van der Waals surface area contributed by atoms with E-state index >= 15 is 0 Å². The fraction of sp³-hybridized carbons (Fsp3) is 0. The summed E-state index contributed by atoms with van der Waals surface area (Å²) in [6.07, 6.45) is -3.67. The van der Waals surface area contributed by atoms with Crippen molar-refractivity contribution in [3.05, 3.63) is 0 Å². The van der Waals surface area contributed by atoms with E-state index in [4.69, 9.17) is 30.0 Å². The fourth-order valence-corrected chi connectivity index (χ4v) is 0. The number of rotatable bonds is 0. The minimum absolute atomic E-state index is 0. The van der Waals surface area contributed by atoms with Crippen LogP contribution in [0.5, 0.6) is 0 Å². The van der Waals surface area contributed by atoms with Crippen LogP contribution in [-0.4, -0.2) is 801 Å². The Hall–Kier alpha value is 24.5. The summed E-state index contributed by atoms with van der Waals surface area (Å²) in [5, 5.41) is 27.9. The van der Waals surface area contributed by atoms with Gasteiger partial charge < -0.3 is 20.4 Å². The topological polar surface area (TPSA) is 115 Å². The SMILES string of the molecule is O=C(O)O.O=C(O)O.[NaH].[NaH].[NaH].[NaH].[NaH].[NaH].[NaH].[NaH].[NaH].[NaH].[NaH].[NaH].[NaH].[NaH].[NaH].[NaH].[NaH].[NaH].[NaH].[NaH].[NaH].[NaH].[NaH].[NaH].[NaH].[NaH]. The zero-order valence-corrected chi connectivity index (χ0v) is 3.61. The predicted molar refractivity (Wildman–Crippen MR) is 207 cm³/mol. The first kappa shape index (κ1) is 208. The average molecular weight is 748 g/mol. The van der Waals surface area contributed by atoms with Crippen molar-refractivity contribution in [3.8, 4) is 0 Å². The Morgan fingerprint density at radius 2 is 0.206 bits per heavy atom. The number of carbonyl (C=O) groups is 2. The molecule has 0 aromatic carbocycles. The van der Waals surface area contributed by atoms with Crippen LogP contribution in [0.3, 0.4) is 0 Å². The molecule has 0 fully saturated rings. The van der Waals surface area contributed by atoms with Gasteiger partial charge in [0.2, 0.25) is 0 Å². The summed E-state index contributed by atoms with van der Waals surface area (Å²) >= 11 is 0. The molecule has 6 nitrogen and oxygen atoms in total. The Balaban J connectivity index is -0.000000000462. The molecule has 0 aliphatic heterocycles. The first-order valence-electron chi connectivity index (χ1n) is 1.30. The predicted octanol–water partition coefficient (Wildman–Crippen LogP) is -16.4. The van der Waals surface area contributed by atoms with Crippen LogP contribution >= 0.6 is 0 Å². The molecule has 0 atom stereocenters. The fourth-order valence-electron chi connectivity index (χ4n) is 0. The molecule has 4 N–H and O–H groups in total. The van der Waals surface area contributed by atoms with Crippen LogP contribution in [0.15, 0.2) is 0 Å². The molecule has 32 heteroatoms. The number of hydrogen-bond donors (Lipinski definition) is 4. The molecule has 0 unspecified atom stereocenters. The molecule has 0 spiro atoms. The van der Waals surface area contributed by atoms with Crippen LogP contribution in [0.2, 0.25) is 0 Å². The van der Waals surface area contributed by atoms with Gasteiger partial charge in [0.05, 0.1) is 0 Å². The van der Waals surface area contributed by atoms with Gasteiger partial charge in [0, 0.05) is 0 Å². The van der Waals surface area contributed by atoms with Crippen molar-refractivity contribution in [2.24, 2.45) is 0 Å². The third-order valence-corrected chi connectivity index (χ3v) is 0. The van der Waals surface area contributed by atoms with Crippen molar-refractivity contribution in [1.82, 2.24) is 0 Å². The van der Waals surface area contributed by atoms with Crippen molar-refractivity contribution < 1.29 is 30.0 Å². The van der Waals surface area contributed by atoms with E-state index in [-0.39, 0.29) is 768 Å². The van der Waals surface area contributed by atoms with Crippen LogP contribution in [-0.2, 0) is 0 Å². The van der Waals surface area contributed by atoms with Crippen molar-refractivity contribution in [1.29, 1.82) is 0 Å². The molecule has 0 heterocycles. The van der Waals surface area contributed by atoms with Gasteiger partial charge in [-0.1, -0.05) is 0 Å². The first-order chi connectivity index (χ1) is 3.46. The quantitative estimate of drug-likeness (QED) is 0.183. The van der Waals surface area contributed by atoms with Gasteiger partial charge in [-0.3, -0.25) is 0 Å². The van der Waals surface area contributed by atoms with E-state index in [9.17, 15) is 0 Å². The molecule has 0 aliphatic rings. The van der Waals surface area contributed by atoms with Crippen LogP contribution in [0, 0.1) is 0 Å². The zero-order valence-electron chi connectivity index (χ0n) is 3.61. The molecule has 0 aliphatic carbocycles. The van der Waals surface area contributed by atoms with Crippen molar-refractivity contribution in [2.45, 2.75) is 0 Å². The van der Waals surface area contributed by atoms with E-state index in [0.29, 0.717) is 0 Å². The Morgan fingerprint density at radius 1 is 0.206 bits per heavy atom. The van der Waals surface area contributed by atoms with Gasteiger partial charge in [0.25, 0.3) is 0 Å². The molecule has 0 saturated heterocycles. The standard InChI is InChI=1S/2CH2O3.26Na.26H/c2*2-1(3)4;;;;;;;;;;;;;;;;;;;;;;;;;;;;;;;;;;;;;;;;;;;;;;;;;;;;/h2*(H2,2,3,4);;;;;;;;;;;;;;;;;;;;;;;;;;;;;;;;;;;;;;;;;;;;;;;;;;;;. The van der Waals surface area contributed by atoms with E-state index in [1.807, 2.05) is 0 Å². The Bertz CT molecular complexity index is 91.3. The van der Waals surface area contributed by atoms with Crippen LogP contribution in [0.25, 0.3) is 0 Å². The number of carboxylic acid groups (broad SMARTS) is 4. The normalized spacial score (nSPS) is 1.41. The Kier molecular flexibility index (Phi) is 1210. The first-order valence-corrected chi connectivity index (χ1v) is 1.30. The molecular formula is C2H30Na26O6. The summed E-state index contributed by atoms with van der Waals surface area (Å²) in [6.45, 7) is 0. The molecule has 0 saturated carbocycles. The summed E-state index contributed by atoms with van der Waals surface area (Å²) in [5.41, 5.74) is 0. The summed E-state index contributed by atoms with van der Waals surface area (Å²) in [5.74, 6) is 0. The molecule has 34 heavy (non-hydrogen) atoms. The van der Waals surface area contributed by atoms with Crippen LogP contribution in [0.1, 0.15) is 0 Å². The van der Waals surface area contributed by atoms with Gasteiger partial charge in [-0.05, 0) is 0 Å². The van der Waals surface area contributed by atoms with Crippen molar-refractivity contribution in [3.63, 3.8) is 0 Å². The maximum atomic E-state index is 8.56. The van der Waals surface area contributed by atoms with E-state index in [0.717, 1.165) is 0 Å². The van der Waals surface area contributed by atoms with E-state index in [1.165, 1.54) is 0 Å². The van der Waals surface area contributed by atoms with E-state index in [1.54, 1.807) is 0 Å². The van der Waals surface area contributed by atoms with Crippen LogP contribution < -0.4 is 0 Å². The second-order valence-corrected chi connectivity index (χ2v) is 0.565. The number of hydrogen-bond acceptors (Lipinski definition) is 2. The molecule has 100 valence electrons. The van der Waals surface area contributed by atoms with Gasteiger partial charge in [-0.25, -0.2) is 9.59 Å². The molecule has 0 aromatic rings. The molecule has 0 rings (SSSR count). The second kappa shape index (κ2) is 197. The molecular weight excluding hydrogens is 718 g/mol. The third-order valence-electron chi connectivity index (χ3n) is 0. The Labute approximate surface area is 782 Å². The molecule has 0 bridgehead atoms. The zero-order chi connectivity index (χ0) is 7.15. The second-order valence-electron chi connectivity index (χ2n) is 0.565. The van der Waals surface area contributed by atoms with Gasteiger partial charge in [-0.15, -0.1) is 0 Å². The maximum absolute atomic E-state index is 8.56. The molecule has 0 radical (unpaired) electrons. The Morgan fingerprint density at radius 3 is 0.206 bits per heavy atom. The van der Waals surface area contributed by atoms with Gasteiger partial charge >= 0.3 is 781 Å². The van der Waals surface area contributed by atoms with Gasteiger partial charge in [0.15, 0.2) is 0 Å². The van der Waals surface area contributed by atoms with Crippen molar-refractivity contribution in [2.75, 3.05) is 0 Å². The monoisotopic (exact) mass is 748 g/mol. The van der Waals surface area contributed by atoms with Crippen molar-refractivity contribution >= 4 is 781 Å². The summed E-state index contributed by atoms with van der Waals surface area (Å²) in [7, 11) is 0. The molecule has 0 amide bonds. The van der Waals surface area contributed by atoms with Gasteiger partial charge in [-0.2, -0.15) is 0 Å². The van der Waals surface area contributed by atoms with Gasteiger partial charge in [0.1, 0.15) is 0 Å². The van der Waals surface area contributed by atoms with Crippen LogP contribution in [0.4, 0.5) is 9.59 Å². The molecule has 0 aromatic heterocycles. The summed E-state index contributed by atoms with van der Waals surface area (Å²) in [4.78, 5) is 17.1. The van der Waals surface area contributed by atoms with E-state index < -0.39 is 12.3 Å².